The number of benzene rings is 2. The number of aryl methyl sites for hydroxylation is 1. The summed E-state index contributed by atoms with van der Waals surface area (Å²) in [5.74, 6) is 1.16. The summed E-state index contributed by atoms with van der Waals surface area (Å²) in [4.78, 5) is 12.4. The van der Waals surface area contributed by atoms with Crippen LogP contribution in [-0.4, -0.2) is 36.5 Å². The van der Waals surface area contributed by atoms with Crippen molar-refractivity contribution in [2.75, 3.05) is 26.5 Å². The zero-order valence-corrected chi connectivity index (χ0v) is 16.9. The van der Waals surface area contributed by atoms with Gasteiger partial charge in [0.25, 0.3) is 5.91 Å². The Morgan fingerprint density at radius 2 is 1.83 bits per heavy atom. The van der Waals surface area contributed by atoms with Crippen LogP contribution in [-0.2, 0) is 6.42 Å². The van der Waals surface area contributed by atoms with E-state index < -0.39 is 0 Å². The number of rotatable bonds is 8. The fourth-order valence-electron chi connectivity index (χ4n) is 3.04. The van der Waals surface area contributed by atoms with Gasteiger partial charge in [-0.25, -0.2) is 4.68 Å². The normalized spacial score (nSPS) is 10.3. The zero-order valence-electron chi connectivity index (χ0n) is 16.9. The predicted molar refractivity (Wildman–Crippen MR) is 113 cm³/mol. The number of ether oxygens (including phenoxy) is 2. The first kappa shape index (κ1) is 20.7. The van der Waals surface area contributed by atoms with Crippen LogP contribution >= 0.6 is 0 Å². The quantitative estimate of drug-likeness (QED) is 0.557. The van der Waals surface area contributed by atoms with E-state index in [9.17, 15) is 10.1 Å². The van der Waals surface area contributed by atoms with E-state index >= 15 is 0 Å². The molecule has 0 unspecified atom stereocenters. The Morgan fingerprint density at radius 1 is 1.17 bits per heavy atom. The van der Waals surface area contributed by atoms with Gasteiger partial charge in [-0.2, -0.15) is 10.4 Å². The van der Waals surface area contributed by atoms with Crippen LogP contribution in [0.25, 0.3) is 5.69 Å². The fourth-order valence-corrected chi connectivity index (χ4v) is 3.04. The molecule has 0 aliphatic rings. The minimum absolute atomic E-state index is 0.234. The van der Waals surface area contributed by atoms with Gasteiger partial charge in [0.15, 0.2) is 0 Å². The summed E-state index contributed by atoms with van der Waals surface area (Å²) in [5.41, 5.74) is 8.32. The van der Waals surface area contributed by atoms with Crippen LogP contribution in [0.3, 0.4) is 0 Å². The second-order valence-electron chi connectivity index (χ2n) is 6.53. The second kappa shape index (κ2) is 9.47. The van der Waals surface area contributed by atoms with Crippen molar-refractivity contribution in [2.45, 2.75) is 12.8 Å². The summed E-state index contributed by atoms with van der Waals surface area (Å²) in [6.07, 6.45) is 1.11. The zero-order chi connectivity index (χ0) is 21.5. The molecule has 2 aromatic carbocycles. The molecular formula is C22H23N5O3. The van der Waals surface area contributed by atoms with Crippen molar-refractivity contribution in [1.29, 1.82) is 5.26 Å². The summed E-state index contributed by atoms with van der Waals surface area (Å²) in [6.45, 7) is 0.418. The van der Waals surface area contributed by atoms with Gasteiger partial charge in [0.2, 0.25) is 0 Å². The van der Waals surface area contributed by atoms with Gasteiger partial charge in [0.1, 0.15) is 28.9 Å². The van der Waals surface area contributed by atoms with Gasteiger partial charge in [-0.3, -0.25) is 4.79 Å². The Morgan fingerprint density at radius 3 is 2.43 bits per heavy atom. The monoisotopic (exact) mass is 405 g/mol. The number of anilines is 1. The van der Waals surface area contributed by atoms with Crippen LogP contribution in [0.4, 0.5) is 5.82 Å². The minimum atomic E-state index is -0.234. The van der Waals surface area contributed by atoms with Gasteiger partial charge >= 0.3 is 0 Å². The molecule has 0 spiro atoms. The topological polar surface area (TPSA) is 115 Å². The predicted octanol–water partition coefficient (Wildman–Crippen LogP) is 2.71. The lowest BCUT2D eigenvalue weighted by molar-refractivity contribution is 0.0952. The molecule has 154 valence electrons. The molecule has 30 heavy (non-hydrogen) atoms. The lowest BCUT2D eigenvalue weighted by Crippen LogP contribution is -2.25. The first-order valence-corrected chi connectivity index (χ1v) is 9.41. The first-order chi connectivity index (χ1) is 14.6. The number of carbonyl (C=O) groups is 1. The third kappa shape index (κ3) is 4.52. The highest BCUT2D eigenvalue weighted by molar-refractivity contribution is 5.95. The molecule has 8 heteroatoms. The molecule has 3 N–H and O–H groups in total. The Balaban J connectivity index is 1.63. The highest BCUT2D eigenvalue weighted by atomic mass is 16.5. The third-order valence-electron chi connectivity index (χ3n) is 4.60. The molecule has 1 amide bonds. The second-order valence-corrected chi connectivity index (χ2v) is 6.53. The molecule has 0 saturated heterocycles. The maximum atomic E-state index is 12.4. The van der Waals surface area contributed by atoms with Crippen LogP contribution < -0.4 is 20.5 Å². The Labute approximate surface area is 174 Å². The Bertz CT molecular complexity index is 1050. The number of methoxy groups -OCH3 is 2. The number of para-hydroxylation sites is 1. The van der Waals surface area contributed by atoms with E-state index in [4.69, 9.17) is 15.2 Å². The number of carbonyl (C=O) groups excluding carboxylic acids is 1. The molecule has 0 aliphatic carbocycles. The molecule has 0 saturated carbocycles. The number of nitrogens with one attached hydrogen (secondary N) is 1. The Kier molecular flexibility index (Phi) is 6.55. The van der Waals surface area contributed by atoms with E-state index in [1.807, 2.05) is 30.3 Å². The van der Waals surface area contributed by atoms with Crippen molar-refractivity contribution in [3.63, 3.8) is 0 Å². The molecule has 0 radical (unpaired) electrons. The van der Waals surface area contributed by atoms with Crippen molar-refractivity contribution in [2.24, 2.45) is 0 Å². The molecule has 0 atom stereocenters. The van der Waals surface area contributed by atoms with E-state index in [2.05, 4.69) is 16.5 Å². The largest absolute Gasteiger partial charge is 0.497 e. The number of aromatic nitrogens is 2. The van der Waals surface area contributed by atoms with Gasteiger partial charge < -0.3 is 20.5 Å². The number of nitriles is 1. The standard InChI is InChI=1S/C22H23N5O3/c1-29-17-11-15(12-18(13-17)30-2)22(28)25-10-6-9-20-19(14-23)21(24)27(26-20)16-7-4-3-5-8-16/h3-5,7-8,11-13H,6,9-10,24H2,1-2H3,(H,25,28). The fraction of sp³-hybridized carbons (Fsp3) is 0.227. The van der Waals surface area contributed by atoms with Crippen LogP contribution in [0.1, 0.15) is 28.0 Å². The average Bonchev–Trinajstić information content (AvgIpc) is 3.11. The first-order valence-electron chi connectivity index (χ1n) is 9.41. The van der Waals surface area contributed by atoms with Crippen molar-refractivity contribution < 1.29 is 14.3 Å². The van der Waals surface area contributed by atoms with E-state index in [1.165, 1.54) is 14.2 Å². The van der Waals surface area contributed by atoms with E-state index in [0.29, 0.717) is 53.5 Å². The highest BCUT2D eigenvalue weighted by Gasteiger charge is 2.16. The number of nitrogens with two attached hydrogens (primary N) is 1. The maximum Gasteiger partial charge on any atom is 0.251 e. The van der Waals surface area contributed by atoms with Crippen molar-refractivity contribution in [1.82, 2.24) is 15.1 Å². The van der Waals surface area contributed by atoms with Gasteiger partial charge in [0.05, 0.1) is 25.6 Å². The van der Waals surface area contributed by atoms with Crippen molar-refractivity contribution in [3.05, 3.63) is 65.4 Å². The van der Waals surface area contributed by atoms with Crippen LogP contribution in [0.2, 0.25) is 0 Å². The lowest BCUT2D eigenvalue weighted by Gasteiger charge is -2.09. The molecule has 0 bridgehead atoms. The van der Waals surface area contributed by atoms with E-state index in [0.717, 1.165) is 5.69 Å². The molecule has 3 rings (SSSR count). The van der Waals surface area contributed by atoms with Crippen LogP contribution in [0.5, 0.6) is 11.5 Å². The molecule has 0 fully saturated rings. The maximum absolute atomic E-state index is 12.4. The molecule has 1 heterocycles. The van der Waals surface area contributed by atoms with Crippen LogP contribution in [0.15, 0.2) is 48.5 Å². The molecule has 0 aliphatic heterocycles. The third-order valence-corrected chi connectivity index (χ3v) is 4.60. The number of hydrogen-bond acceptors (Lipinski definition) is 6. The smallest absolute Gasteiger partial charge is 0.251 e. The SMILES string of the molecule is COc1cc(OC)cc(C(=O)NCCCc2nn(-c3ccccc3)c(N)c2C#N)c1. The lowest BCUT2D eigenvalue weighted by atomic mass is 10.1. The van der Waals surface area contributed by atoms with Gasteiger partial charge in [-0.05, 0) is 37.1 Å². The summed E-state index contributed by atoms with van der Waals surface area (Å²) in [6, 6.07) is 16.5. The van der Waals surface area contributed by atoms with Gasteiger partial charge in [-0.15, -0.1) is 0 Å². The Hall–Kier alpha value is -3.99. The van der Waals surface area contributed by atoms with Gasteiger partial charge in [0, 0.05) is 18.2 Å². The molecule has 8 nitrogen and oxygen atoms in total. The molecular weight excluding hydrogens is 382 g/mol. The summed E-state index contributed by atoms with van der Waals surface area (Å²) >= 11 is 0. The molecule has 1 aromatic heterocycles. The summed E-state index contributed by atoms with van der Waals surface area (Å²) < 4.78 is 12.0. The van der Waals surface area contributed by atoms with Gasteiger partial charge in [-0.1, -0.05) is 18.2 Å². The number of nitrogen functional groups attached to an aromatic ring is 1. The van der Waals surface area contributed by atoms with Crippen LogP contribution in [0, 0.1) is 11.3 Å². The number of nitrogens with zero attached hydrogens (tertiary/aromatic N) is 3. The van der Waals surface area contributed by atoms with Crippen molar-refractivity contribution in [3.8, 4) is 23.3 Å². The summed E-state index contributed by atoms with van der Waals surface area (Å²) in [5, 5.41) is 16.8. The van der Waals surface area contributed by atoms with E-state index in [-0.39, 0.29) is 5.91 Å². The molecule has 3 aromatic rings. The van der Waals surface area contributed by atoms with E-state index in [1.54, 1.807) is 22.9 Å². The highest BCUT2D eigenvalue weighted by Crippen LogP contribution is 2.23. The minimum Gasteiger partial charge on any atom is -0.497 e. The van der Waals surface area contributed by atoms with Crippen molar-refractivity contribution >= 4 is 11.7 Å². The number of hydrogen-bond donors (Lipinski definition) is 2. The summed E-state index contributed by atoms with van der Waals surface area (Å²) in [7, 11) is 3.06. The average molecular weight is 405 g/mol. The number of amides is 1.